The van der Waals surface area contributed by atoms with Gasteiger partial charge < -0.3 is 5.73 Å². The lowest BCUT2D eigenvalue weighted by molar-refractivity contribution is 0.507. The van der Waals surface area contributed by atoms with Gasteiger partial charge in [-0.05, 0) is 35.2 Å². The van der Waals surface area contributed by atoms with Gasteiger partial charge in [0.15, 0.2) is 11.6 Å². The highest BCUT2D eigenvalue weighted by Crippen LogP contribution is 2.14. The second-order valence-corrected chi connectivity index (χ2v) is 3.95. The van der Waals surface area contributed by atoms with Crippen LogP contribution >= 0.6 is 0 Å². The summed E-state index contributed by atoms with van der Waals surface area (Å²) < 4.78 is 25.8. The Kier molecular flexibility index (Phi) is 3.49. The summed E-state index contributed by atoms with van der Waals surface area (Å²) in [7, 11) is 0. The molecule has 0 unspecified atom stereocenters. The Hall–Kier alpha value is -1.74. The average Bonchev–Trinajstić information content (AvgIpc) is 2.34. The van der Waals surface area contributed by atoms with Crippen LogP contribution in [-0.4, -0.2) is 0 Å². The molecule has 0 aliphatic heterocycles. The van der Waals surface area contributed by atoms with Crippen molar-refractivity contribution in [3.63, 3.8) is 0 Å². The zero-order valence-corrected chi connectivity index (χ0v) is 9.29. The van der Waals surface area contributed by atoms with Gasteiger partial charge in [-0.25, -0.2) is 8.78 Å². The molecular formula is C14H13F2N. The lowest BCUT2D eigenvalue weighted by atomic mass is 10.0. The molecule has 0 aliphatic carbocycles. The SMILES string of the molecule is NCc1cccc(Cc2ccc(F)c(F)c2)c1. The van der Waals surface area contributed by atoms with E-state index in [1.807, 2.05) is 24.3 Å². The molecule has 0 heterocycles. The first-order chi connectivity index (χ1) is 8.19. The van der Waals surface area contributed by atoms with E-state index in [2.05, 4.69) is 0 Å². The molecule has 17 heavy (non-hydrogen) atoms. The van der Waals surface area contributed by atoms with Crippen molar-refractivity contribution < 1.29 is 8.78 Å². The molecule has 2 aromatic rings. The molecule has 88 valence electrons. The van der Waals surface area contributed by atoms with Gasteiger partial charge >= 0.3 is 0 Å². The Labute approximate surface area is 98.9 Å². The first kappa shape index (κ1) is 11.7. The van der Waals surface area contributed by atoms with Crippen LogP contribution in [0.25, 0.3) is 0 Å². The van der Waals surface area contributed by atoms with Crippen LogP contribution in [0.5, 0.6) is 0 Å². The standard InChI is InChI=1S/C14H13F2N/c15-13-5-4-11(8-14(13)16)6-10-2-1-3-12(7-10)9-17/h1-5,7-8H,6,9,17H2. The fourth-order valence-electron chi connectivity index (χ4n) is 1.75. The smallest absolute Gasteiger partial charge is 0.159 e. The van der Waals surface area contributed by atoms with Gasteiger partial charge in [0.2, 0.25) is 0 Å². The zero-order valence-electron chi connectivity index (χ0n) is 9.29. The third kappa shape index (κ3) is 2.88. The predicted octanol–water partition coefficient (Wildman–Crippen LogP) is 3.01. The summed E-state index contributed by atoms with van der Waals surface area (Å²) >= 11 is 0. The number of hydrogen-bond acceptors (Lipinski definition) is 1. The minimum atomic E-state index is -0.815. The van der Waals surface area contributed by atoms with Crippen molar-refractivity contribution in [1.29, 1.82) is 0 Å². The van der Waals surface area contributed by atoms with Crippen molar-refractivity contribution >= 4 is 0 Å². The lowest BCUT2D eigenvalue weighted by Crippen LogP contribution is -1.98. The van der Waals surface area contributed by atoms with Crippen molar-refractivity contribution in [2.24, 2.45) is 5.73 Å². The van der Waals surface area contributed by atoms with Gasteiger partial charge in [0, 0.05) is 6.54 Å². The topological polar surface area (TPSA) is 26.0 Å². The van der Waals surface area contributed by atoms with E-state index in [0.717, 1.165) is 22.8 Å². The fraction of sp³-hybridized carbons (Fsp3) is 0.143. The molecule has 2 aromatic carbocycles. The van der Waals surface area contributed by atoms with E-state index >= 15 is 0 Å². The van der Waals surface area contributed by atoms with Crippen LogP contribution in [-0.2, 0) is 13.0 Å². The Bertz CT molecular complexity index is 523. The molecule has 0 bridgehead atoms. The van der Waals surface area contributed by atoms with Crippen molar-refractivity contribution in [3.05, 3.63) is 70.8 Å². The van der Waals surface area contributed by atoms with Crippen LogP contribution < -0.4 is 5.73 Å². The van der Waals surface area contributed by atoms with Gasteiger partial charge in [0.05, 0.1) is 0 Å². The highest BCUT2D eigenvalue weighted by atomic mass is 19.2. The molecule has 0 spiro atoms. The summed E-state index contributed by atoms with van der Waals surface area (Å²) in [5, 5.41) is 0. The summed E-state index contributed by atoms with van der Waals surface area (Å²) in [6.45, 7) is 0.478. The van der Waals surface area contributed by atoms with Gasteiger partial charge in [0.25, 0.3) is 0 Å². The first-order valence-corrected chi connectivity index (χ1v) is 5.41. The van der Waals surface area contributed by atoms with Crippen molar-refractivity contribution in [2.75, 3.05) is 0 Å². The Balaban J connectivity index is 2.22. The highest BCUT2D eigenvalue weighted by molar-refractivity contribution is 5.30. The normalized spacial score (nSPS) is 10.5. The van der Waals surface area contributed by atoms with Crippen molar-refractivity contribution in [2.45, 2.75) is 13.0 Å². The molecule has 0 amide bonds. The van der Waals surface area contributed by atoms with E-state index in [1.54, 1.807) is 6.07 Å². The van der Waals surface area contributed by atoms with Gasteiger partial charge in [-0.3, -0.25) is 0 Å². The van der Waals surface area contributed by atoms with Gasteiger partial charge in [-0.15, -0.1) is 0 Å². The van der Waals surface area contributed by atoms with E-state index in [0.29, 0.717) is 13.0 Å². The second kappa shape index (κ2) is 5.06. The average molecular weight is 233 g/mol. The molecule has 1 nitrogen and oxygen atoms in total. The predicted molar refractivity (Wildman–Crippen MR) is 63.5 cm³/mol. The number of benzene rings is 2. The fourth-order valence-corrected chi connectivity index (χ4v) is 1.75. The molecule has 2 N–H and O–H groups in total. The summed E-state index contributed by atoms with van der Waals surface area (Å²) in [4.78, 5) is 0. The van der Waals surface area contributed by atoms with Crippen LogP contribution in [0.2, 0.25) is 0 Å². The van der Waals surface area contributed by atoms with Crippen LogP contribution in [0.4, 0.5) is 8.78 Å². The molecule has 0 saturated heterocycles. The lowest BCUT2D eigenvalue weighted by Gasteiger charge is -2.04. The largest absolute Gasteiger partial charge is 0.326 e. The highest BCUT2D eigenvalue weighted by Gasteiger charge is 2.03. The second-order valence-electron chi connectivity index (χ2n) is 3.95. The van der Waals surface area contributed by atoms with Crippen LogP contribution in [0, 0.1) is 11.6 Å². The Morgan fingerprint density at radius 2 is 1.53 bits per heavy atom. The van der Waals surface area contributed by atoms with Gasteiger partial charge in [-0.2, -0.15) is 0 Å². The number of rotatable bonds is 3. The number of halogens is 2. The van der Waals surface area contributed by atoms with Crippen LogP contribution in [0.15, 0.2) is 42.5 Å². The maximum atomic E-state index is 13.0. The third-order valence-corrected chi connectivity index (χ3v) is 2.62. The molecule has 0 saturated carbocycles. The van der Waals surface area contributed by atoms with Crippen molar-refractivity contribution in [1.82, 2.24) is 0 Å². The maximum absolute atomic E-state index is 13.0. The molecule has 3 heteroatoms. The minimum absolute atomic E-state index is 0.478. The summed E-state index contributed by atoms with van der Waals surface area (Å²) in [6, 6.07) is 11.7. The molecule has 0 aromatic heterocycles. The van der Waals surface area contributed by atoms with E-state index in [1.165, 1.54) is 6.07 Å². The summed E-state index contributed by atoms with van der Waals surface area (Å²) in [5.41, 5.74) is 8.37. The third-order valence-electron chi connectivity index (χ3n) is 2.62. The zero-order chi connectivity index (χ0) is 12.3. The number of hydrogen-bond donors (Lipinski definition) is 1. The Morgan fingerprint density at radius 1 is 0.824 bits per heavy atom. The summed E-state index contributed by atoms with van der Waals surface area (Å²) in [6.07, 6.45) is 0.574. The molecule has 0 fully saturated rings. The Morgan fingerprint density at radius 3 is 2.24 bits per heavy atom. The van der Waals surface area contributed by atoms with Crippen LogP contribution in [0.1, 0.15) is 16.7 Å². The van der Waals surface area contributed by atoms with E-state index in [-0.39, 0.29) is 0 Å². The van der Waals surface area contributed by atoms with E-state index < -0.39 is 11.6 Å². The first-order valence-electron chi connectivity index (χ1n) is 5.41. The molecule has 0 radical (unpaired) electrons. The number of nitrogens with two attached hydrogens (primary N) is 1. The quantitative estimate of drug-likeness (QED) is 0.866. The molecule has 0 atom stereocenters. The summed E-state index contributed by atoms with van der Waals surface area (Å²) in [5.74, 6) is -1.62. The van der Waals surface area contributed by atoms with Crippen LogP contribution in [0.3, 0.4) is 0 Å². The molecule has 0 aliphatic rings. The van der Waals surface area contributed by atoms with E-state index in [9.17, 15) is 8.78 Å². The van der Waals surface area contributed by atoms with Crippen molar-refractivity contribution in [3.8, 4) is 0 Å². The maximum Gasteiger partial charge on any atom is 0.159 e. The molecule has 2 rings (SSSR count). The van der Waals surface area contributed by atoms with Gasteiger partial charge in [-0.1, -0.05) is 30.3 Å². The van der Waals surface area contributed by atoms with E-state index in [4.69, 9.17) is 5.73 Å². The molecular weight excluding hydrogens is 220 g/mol. The van der Waals surface area contributed by atoms with Gasteiger partial charge in [0.1, 0.15) is 0 Å². The monoisotopic (exact) mass is 233 g/mol. The minimum Gasteiger partial charge on any atom is -0.326 e.